The van der Waals surface area contributed by atoms with E-state index in [1.165, 1.54) is 56.1 Å². The number of benzene rings is 3. The van der Waals surface area contributed by atoms with E-state index in [-0.39, 0.29) is 48.0 Å². The van der Waals surface area contributed by atoms with Gasteiger partial charge in [0.25, 0.3) is 5.91 Å². The van der Waals surface area contributed by atoms with E-state index in [9.17, 15) is 32.4 Å². The zero-order valence-corrected chi connectivity index (χ0v) is 35.1. The number of carbonyl (C=O) groups excluding carboxylic acids is 4. The fraction of sp³-hybridized carbons (Fsp3) is 0.366. The number of imidazole rings is 1. The Morgan fingerprint density at radius 1 is 0.949 bits per heavy atom. The van der Waals surface area contributed by atoms with Crippen molar-refractivity contribution in [3.8, 4) is 11.3 Å². The Morgan fingerprint density at radius 2 is 1.73 bits per heavy atom. The van der Waals surface area contributed by atoms with Crippen LogP contribution in [0.15, 0.2) is 81.8 Å². The lowest BCUT2D eigenvalue weighted by atomic mass is 10.1. The first-order valence-corrected chi connectivity index (χ1v) is 21.7. The van der Waals surface area contributed by atoms with Gasteiger partial charge >= 0.3 is 5.69 Å². The maximum absolute atomic E-state index is 13.4. The largest absolute Gasteiger partial charge is 0.378 e. The smallest absolute Gasteiger partial charge is 0.329 e. The summed E-state index contributed by atoms with van der Waals surface area (Å²) in [6, 6.07) is 18.7. The molecule has 0 aliphatic carbocycles. The minimum Gasteiger partial charge on any atom is -0.378 e. The number of nitrogens with zero attached hydrogens (tertiary/aromatic N) is 5. The van der Waals surface area contributed by atoms with Crippen LogP contribution in [0.5, 0.6) is 0 Å². The number of nitrogens with one attached hydrogen (secondary N) is 4. The number of sulfonamides is 1. The molecule has 1 aliphatic rings. The van der Waals surface area contributed by atoms with E-state index in [4.69, 9.17) is 0 Å². The van der Waals surface area contributed by atoms with Crippen LogP contribution in [-0.2, 0) is 37.9 Å². The number of aromatic nitrogens is 3. The minimum atomic E-state index is -3.87. The number of fused-ring (bicyclic) bond motifs is 1. The molecule has 4 N–H and O–H groups in total. The number of hydrogen-bond acceptors (Lipinski definition) is 11. The third-order valence-corrected chi connectivity index (χ3v) is 12.8. The second-order valence-electron chi connectivity index (χ2n) is 14.6. The van der Waals surface area contributed by atoms with Gasteiger partial charge in [0.2, 0.25) is 27.7 Å². The molecule has 1 fully saturated rings. The zero-order valence-electron chi connectivity index (χ0n) is 33.5. The van der Waals surface area contributed by atoms with Crippen molar-refractivity contribution < 1.29 is 27.6 Å². The summed E-state index contributed by atoms with van der Waals surface area (Å²) in [6.07, 6.45) is 3.45. The predicted molar refractivity (Wildman–Crippen MR) is 228 cm³/mol. The molecule has 1 aliphatic heterocycles. The predicted octanol–water partition coefficient (Wildman–Crippen LogP) is 3.50. The Kier molecular flexibility index (Phi) is 13.8. The third kappa shape index (κ3) is 10.3. The molecule has 0 spiro atoms. The van der Waals surface area contributed by atoms with Crippen LogP contribution >= 0.6 is 11.3 Å². The lowest BCUT2D eigenvalue weighted by Gasteiger charge is -2.21. The number of imide groups is 1. The fourth-order valence-corrected chi connectivity index (χ4v) is 8.84. The highest BCUT2D eigenvalue weighted by atomic mass is 32.2. The molecule has 59 heavy (non-hydrogen) atoms. The average Bonchev–Trinajstić information content (AvgIpc) is 3.79. The van der Waals surface area contributed by atoms with Crippen molar-refractivity contribution >= 4 is 66.8 Å². The molecular formula is C41H49N9O7S2. The highest BCUT2D eigenvalue weighted by Crippen LogP contribution is 2.28. The molecule has 0 saturated carbocycles. The summed E-state index contributed by atoms with van der Waals surface area (Å²) in [4.78, 5) is 69.1. The Hall–Kier alpha value is -5.69. The van der Waals surface area contributed by atoms with Crippen molar-refractivity contribution in [3.05, 3.63) is 93.7 Å². The monoisotopic (exact) mass is 843 g/mol. The van der Waals surface area contributed by atoms with Crippen molar-refractivity contribution in [1.82, 2.24) is 34.4 Å². The standard InChI is InChI=1S/C41H49N9O7S2/c1-47(2)30-13-7-11-28(23-30)32-26-58-40(44-32)46-37(52)25-43-38(53)29-12-8-14-31(24-29)59(56,57)48(3)21-6-5-19-42-20-9-10-27-15-16-33-35(22-27)49(4)41(55)50(33)34-17-18-36(51)45-39(34)54/h7-8,11-16,22-24,26,34,42H,5-6,9-10,17-21,25H2,1-4H3,(H,43,53)(H,44,46,52)(H,45,51,54). The molecule has 3 heterocycles. The molecule has 16 nitrogen and oxygen atoms in total. The Bertz CT molecular complexity index is 2530. The minimum absolute atomic E-state index is 0.0188. The van der Waals surface area contributed by atoms with Gasteiger partial charge in [0.15, 0.2) is 5.13 Å². The first kappa shape index (κ1) is 42.9. The fourth-order valence-electron chi connectivity index (χ4n) is 6.85. The van der Waals surface area contributed by atoms with Gasteiger partial charge in [-0.25, -0.2) is 22.5 Å². The summed E-state index contributed by atoms with van der Waals surface area (Å²) in [5.41, 5.74) is 4.90. The van der Waals surface area contributed by atoms with Crippen molar-refractivity contribution in [2.75, 3.05) is 57.5 Å². The second kappa shape index (κ2) is 18.9. The highest BCUT2D eigenvalue weighted by molar-refractivity contribution is 7.89. The number of rotatable bonds is 18. The van der Waals surface area contributed by atoms with Crippen molar-refractivity contribution in [2.24, 2.45) is 7.05 Å². The number of unbranched alkanes of at least 4 members (excludes halogenated alkanes) is 1. The van der Waals surface area contributed by atoms with Crippen LogP contribution in [0.4, 0.5) is 10.8 Å². The molecule has 0 radical (unpaired) electrons. The van der Waals surface area contributed by atoms with E-state index in [1.807, 2.05) is 66.8 Å². The second-order valence-corrected chi connectivity index (χ2v) is 17.5. The van der Waals surface area contributed by atoms with E-state index in [0.29, 0.717) is 23.6 Å². The summed E-state index contributed by atoms with van der Waals surface area (Å²) >= 11 is 1.27. The number of hydrogen-bond donors (Lipinski definition) is 4. The van der Waals surface area contributed by atoms with Crippen molar-refractivity contribution in [1.29, 1.82) is 0 Å². The molecular weight excluding hydrogens is 795 g/mol. The molecule has 0 bridgehead atoms. The van der Waals surface area contributed by atoms with Crippen LogP contribution in [0.2, 0.25) is 0 Å². The number of piperidine rings is 1. The molecule has 312 valence electrons. The van der Waals surface area contributed by atoms with E-state index >= 15 is 0 Å². The lowest BCUT2D eigenvalue weighted by molar-refractivity contribution is -0.135. The van der Waals surface area contributed by atoms with Gasteiger partial charge in [-0.05, 0) is 93.2 Å². The summed E-state index contributed by atoms with van der Waals surface area (Å²) in [5, 5.41) is 13.2. The van der Waals surface area contributed by atoms with Gasteiger partial charge in [0, 0.05) is 63.4 Å². The Morgan fingerprint density at radius 3 is 2.51 bits per heavy atom. The maximum atomic E-state index is 13.4. The molecule has 2 aromatic heterocycles. The van der Waals surface area contributed by atoms with Gasteiger partial charge < -0.3 is 20.9 Å². The van der Waals surface area contributed by atoms with Gasteiger partial charge in [-0.15, -0.1) is 11.3 Å². The van der Waals surface area contributed by atoms with Crippen molar-refractivity contribution in [3.63, 3.8) is 0 Å². The number of amides is 4. The summed E-state index contributed by atoms with van der Waals surface area (Å²) in [7, 11) is 3.22. The SMILES string of the molecule is CN(C)c1cccc(-c2csc(NC(=O)CNC(=O)c3cccc(S(=O)(=O)N(C)CCCCNCCCc4ccc5c(c4)n(C)c(=O)n5C4CCC(=O)NC4=O)c3)n2)c1. The van der Waals surface area contributed by atoms with Gasteiger partial charge in [0.05, 0.1) is 28.2 Å². The summed E-state index contributed by atoms with van der Waals surface area (Å²) < 4.78 is 31.0. The Labute approximate surface area is 346 Å². The molecule has 1 unspecified atom stereocenters. The van der Waals surface area contributed by atoms with Gasteiger partial charge in [-0.2, -0.15) is 0 Å². The quantitative estimate of drug-likeness (QED) is 0.0749. The zero-order chi connectivity index (χ0) is 42.3. The van der Waals surface area contributed by atoms with Crippen LogP contribution in [0.3, 0.4) is 0 Å². The van der Waals surface area contributed by atoms with E-state index in [2.05, 4.69) is 26.3 Å². The van der Waals surface area contributed by atoms with Crippen LogP contribution in [0, 0.1) is 0 Å². The highest BCUT2D eigenvalue weighted by Gasteiger charge is 2.31. The first-order valence-electron chi connectivity index (χ1n) is 19.3. The molecule has 5 aromatic rings. The topological polar surface area (TPSA) is 197 Å². The lowest BCUT2D eigenvalue weighted by Crippen LogP contribution is -2.44. The molecule has 18 heteroatoms. The normalized spacial score (nSPS) is 14.4. The molecule has 4 amide bonds. The molecule has 1 atom stereocenters. The van der Waals surface area contributed by atoms with E-state index < -0.39 is 33.8 Å². The van der Waals surface area contributed by atoms with E-state index in [0.717, 1.165) is 53.8 Å². The summed E-state index contributed by atoms with van der Waals surface area (Å²) in [6.45, 7) is 1.41. The van der Waals surface area contributed by atoms with Crippen LogP contribution in [0.1, 0.15) is 54.1 Å². The number of anilines is 2. The average molecular weight is 844 g/mol. The van der Waals surface area contributed by atoms with Crippen molar-refractivity contribution in [2.45, 2.75) is 49.5 Å². The first-order chi connectivity index (χ1) is 28.2. The van der Waals surface area contributed by atoms with E-state index in [1.54, 1.807) is 7.05 Å². The Balaban J connectivity index is 0.903. The number of aryl methyl sites for hydroxylation is 2. The third-order valence-electron chi connectivity index (χ3n) is 10.2. The van der Waals surface area contributed by atoms with Crippen LogP contribution in [0.25, 0.3) is 22.3 Å². The molecule has 1 saturated heterocycles. The molecule has 6 rings (SSSR count). The van der Waals surface area contributed by atoms with Crippen LogP contribution in [-0.4, -0.2) is 97.8 Å². The van der Waals surface area contributed by atoms with Gasteiger partial charge in [0.1, 0.15) is 6.04 Å². The summed E-state index contributed by atoms with van der Waals surface area (Å²) in [5.74, 6) is -1.84. The van der Waals surface area contributed by atoms with Crippen LogP contribution < -0.4 is 31.9 Å². The maximum Gasteiger partial charge on any atom is 0.329 e. The molecule has 3 aromatic carbocycles. The number of carbonyl (C=O) groups is 4. The van der Waals surface area contributed by atoms with Gasteiger partial charge in [-0.1, -0.05) is 24.3 Å². The number of thiazole rings is 1. The van der Waals surface area contributed by atoms with Gasteiger partial charge in [-0.3, -0.25) is 33.6 Å².